The fourth-order valence-corrected chi connectivity index (χ4v) is 2.13. The van der Waals surface area contributed by atoms with Gasteiger partial charge in [0.1, 0.15) is 5.82 Å². The Labute approximate surface area is 133 Å². The molecule has 0 saturated carbocycles. The number of fused-ring (bicyclic) bond motifs is 1. The van der Waals surface area contributed by atoms with E-state index in [1.54, 1.807) is 18.2 Å². The lowest BCUT2D eigenvalue weighted by molar-refractivity contribution is 0.264. The number of nitrogens with two attached hydrogens (primary N) is 1. The van der Waals surface area contributed by atoms with Gasteiger partial charge in [0, 0.05) is 5.56 Å². The summed E-state index contributed by atoms with van der Waals surface area (Å²) in [5.41, 5.74) is 8.38. The molecule has 118 valence electrons. The molecule has 2 aromatic heterocycles. The predicted molar refractivity (Wildman–Crippen MR) is 87.5 cm³/mol. The zero-order chi connectivity index (χ0) is 16.4. The van der Waals surface area contributed by atoms with E-state index in [2.05, 4.69) is 15.0 Å². The van der Waals surface area contributed by atoms with Crippen LogP contribution >= 0.6 is 0 Å². The Bertz CT molecular complexity index is 834. The summed E-state index contributed by atoms with van der Waals surface area (Å²) < 4.78 is 18.8. The zero-order valence-corrected chi connectivity index (χ0v) is 13.0. The maximum atomic E-state index is 13.1. The minimum absolute atomic E-state index is 0.146. The molecule has 0 aliphatic carbocycles. The molecule has 0 radical (unpaired) electrons. The number of rotatable bonds is 4. The molecule has 23 heavy (non-hydrogen) atoms. The Balaban J connectivity index is 2.07. The van der Waals surface area contributed by atoms with Gasteiger partial charge < -0.3 is 10.5 Å². The first-order valence-electron chi connectivity index (χ1n) is 7.36. The average Bonchev–Trinajstić information content (AvgIpc) is 2.53. The van der Waals surface area contributed by atoms with Crippen molar-refractivity contribution in [2.45, 2.75) is 13.8 Å². The van der Waals surface area contributed by atoms with Crippen molar-refractivity contribution in [2.75, 3.05) is 12.3 Å². The van der Waals surface area contributed by atoms with E-state index < -0.39 is 0 Å². The van der Waals surface area contributed by atoms with Gasteiger partial charge in [0.05, 0.1) is 17.8 Å². The van der Waals surface area contributed by atoms with E-state index in [4.69, 9.17) is 10.5 Å². The molecule has 0 spiro atoms. The van der Waals surface area contributed by atoms with Crippen LogP contribution in [0, 0.1) is 11.7 Å². The fraction of sp³-hybridized carbons (Fsp3) is 0.235. The fourth-order valence-electron chi connectivity index (χ4n) is 2.13. The number of anilines is 1. The summed E-state index contributed by atoms with van der Waals surface area (Å²) >= 11 is 0. The first kappa shape index (κ1) is 15.1. The number of ether oxygens (including phenoxy) is 1. The van der Waals surface area contributed by atoms with Gasteiger partial charge in [-0.3, -0.25) is 0 Å². The molecular formula is C17H17FN4O. The quantitative estimate of drug-likeness (QED) is 0.798. The number of aromatic nitrogens is 3. The maximum absolute atomic E-state index is 13.1. The van der Waals surface area contributed by atoms with Gasteiger partial charge in [0.25, 0.3) is 0 Å². The van der Waals surface area contributed by atoms with Crippen molar-refractivity contribution in [1.82, 2.24) is 15.0 Å². The molecule has 0 amide bonds. The minimum Gasteiger partial charge on any atom is -0.476 e. The number of benzene rings is 1. The largest absolute Gasteiger partial charge is 0.476 e. The van der Waals surface area contributed by atoms with Crippen LogP contribution in [-0.4, -0.2) is 21.6 Å². The van der Waals surface area contributed by atoms with Gasteiger partial charge in [-0.15, -0.1) is 0 Å². The summed E-state index contributed by atoms with van der Waals surface area (Å²) in [6.07, 6.45) is 0. The summed E-state index contributed by atoms with van der Waals surface area (Å²) in [4.78, 5) is 12.9. The summed E-state index contributed by atoms with van der Waals surface area (Å²) in [5.74, 6) is 0.575. The van der Waals surface area contributed by atoms with Crippen molar-refractivity contribution in [3.8, 4) is 17.1 Å². The second kappa shape index (κ2) is 6.16. The zero-order valence-electron chi connectivity index (χ0n) is 13.0. The van der Waals surface area contributed by atoms with Crippen molar-refractivity contribution < 1.29 is 9.13 Å². The van der Waals surface area contributed by atoms with Crippen LogP contribution in [0.3, 0.4) is 0 Å². The van der Waals surface area contributed by atoms with Gasteiger partial charge in [0.15, 0.2) is 5.52 Å². The van der Waals surface area contributed by atoms with Gasteiger partial charge in [-0.1, -0.05) is 13.8 Å². The molecule has 6 heteroatoms. The lowest BCUT2D eigenvalue weighted by Gasteiger charge is -2.11. The lowest BCUT2D eigenvalue weighted by Crippen LogP contribution is -2.08. The Kier molecular flexibility index (Phi) is 4.06. The molecule has 1 aromatic carbocycles. The number of pyridine rings is 1. The van der Waals surface area contributed by atoms with Gasteiger partial charge in [-0.05, 0) is 42.3 Å². The highest BCUT2D eigenvalue weighted by Crippen LogP contribution is 2.26. The number of hydrogen-bond donors (Lipinski definition) is 1. The van der Waals surface area contributed by atoms with Crippen LogP contribution < -0.4 is 10.5 Å². The highest BCUT2D eigenvalue weighted by molar-refractivity contribution is 5.83. The van der Waals surface area contributed by atoms with Gasteiger partial charge >= 0.3 is 0 Å². The highest BCUT2D eigenvalue weighted by Gasteiger charge is 2.12. The topological polar surface area (TPSA) is 73.9 Å². The van der Waals surface area contributed by atoms with Crippen LogP contribution in [0.5, 0.6) is 5.88 Å². The summed E-state index contributed by atoms with van der Waals surface area (Å²) in [6, 6.07) is 9.77. The number of nitrogen functional groups attached to an aromatic ring is 1. The van der Waals surface area contributed by atoms with Crippen LogP contribution in [0.25, 0.3) is 22.3 Å². The second-order valence-electron chi connectivity index (χ2n) is 5.66. The average molecular weight is 312 g/mol. The van der Waals surface area contributed by atoms with Crippen molar-refractivity contribution >= 4 is 17.0 Å². The molecule has 0 bridgehead atoms. The van der Waals surface area contributed by atoms with Gasteiger partial charge in [0.2, 0.25) is 11.8 Å². The second-order valence-corrected chi connectivity index (χ2v) is 5.66. The Hall–Kier alpha value is -2.76. The summed E-state index contributed by atoms with van der Waals surface area (Å²) in [7, 11) is 0. The molecule has 3 rings (SSSR count). The van der Waals surface area contributed by atoms with E-state index in [1.807, 2.05) is 19.9 Å². The van der Waals surface area contributed by atoms with Gasteiger partial charge in [-0.2, -0.15) is 4.98 Å². The lowest BCUT2D eigenvalue weighted by atomic mass is 10.1. The third-order valence-corrected chi connectivity index (χ3v) is 3.22. The maximum Gasteiger partial charge on any atom is 0.245 e. The first-order chi connectivity index (χ1) is 11.0. The van der Waals surface area contributed by atoms with Gasteiger partial charge in [-0.25, -0.2) is 14.4 Å². The summed E-state index contributed by atoms with van der Waals surface area (Å²) in [5, 5.41) is 0. The standard InChI is InChI=1S/C17H17FN4O/c1-10(2)9-23-16-15-14(21-17(19)22-16)8-7-13(20-15)11-3-5-12(18)6-4-11/h3-8,10H,9H2,1-2H3,(H2,19,21,22). The van der Waals surface area contributed by atoms with E-state index in [-0.39, 0.29) is 11.8 Å². The molecule has 0 aliphatic heterocycles. The van der Waals surface area contributed by atoms with E-state index in [0.717, 1.165) is 5.56 Å². The van der Waals surface area contributed by atoms with E-state index in [0.29, 0.717) is 35.1 Å². The molecule has 0 aliphatic rings. The monoisotopic (exact) mass is 312 g/mol. The van der Waals surface area contributed by atoms with Crippen LogP contribution in [0.2, 0.25) is 0 Å². The third kappa shape index (κ3) is 3.36. The molecule has 0 unspecified atom stereocenters. The van der Waals surface area contributed by atoms with E-state index >= 15 is 0 Å². The van der Waals surface area contributed by atoms with E-state index in [9.17, 15) is 4.39 Å². The number of hydrogen-bond acceptors (Lipinski definition) is 5. The molecular weight excluding hydrogens is 295 g/mol. The Morgan fingerprint density at radius 1 is 1.04 bits per heavy atom. The van der Waals surface area contributed by atoms with Crippen molar-refractivity contribution in [2.24, 2.45) is 5.92 Å². The molecule has 2 heterocycles. The molecule has 0 saturated heterocycles. The molecule has 3 aromatic rings. The normalized spacial score (nSPS) is 11.1. The molecule has 2 N–H and O–H groups in total. The third-order valence-electron chi connectivity index (χ3n) is 3.22. The number of halogens is 1. The van der Waals surface area contributed by atoms with Crippen molar-refractivity contribution in [3.63, 3.8) is 0 Å². The number of nitrogens with zero attached hydrogens (tertiary/aromatic N) is 3. The minimum atomic E-state index is -0.286. The molecule has 0 fully saturated rings. The van der Waals surface area contributed by atoms with Crippen LogP contribution in [0.4, 0.5) is 10.3 Å². The SMILES string of the molecule is CC(C)COc1nc(N)nc2ccc(-c3ccc(F)cc3)nc12. The Morgan fingerprint density at radius 3 is 2.48 bits per heavy atom. The smallest absolute Gasteiger partial charge is 0.245 e. The van der Waals surface area contributed by atoms with Crippen LogP contribution in [0.1, 0.15) is 13.8 Å². The molecule has 5 nitrogen and oxygen atoms in total. The van der Waals surface area contributed by atoms with Crippen LogP contribution in [0.15, 0.2) is 36.4 Å². The summed E-state index contributed by atoms with van der Waals surface area (Å²) in [6.45, 7) is 4.60. The first-order valence-corrected chi connectivity index (χ1v) is 7.36. The van der Waals surface area contributed by atoms with Crippen molar-refractivity contribution in [1.29, 1.82) is 0 Å². The molecule has 0 atom stereocenters. The van der Waals surface area contributed by atoms with Crippen molar-refractivity contribution in [3.05, 3.63) is 42.2 Å². The Morgan fingerprint density at radius 2 is 1.78 bits per heavy atom. The van der Waals surface area contributed by atoms with E-state index in [1.165, 1.54) is 12.1 Å². The highest BCUT2D eigenvalue weighted by atomic mass is 19.1. The predicted octanol–water partition coefficient (Wildman–Crippen LogP) is 3.45. The van der Waals surface area contributed by atoms with Crippen LogP contribution in [-0.2, 0) is 0 Å².